The second-order valence-corrected chi connectivity index (χ2v) is 8.27. The average Bonchev–Trinajstić information content (AvgIpc) is 3.14. The van der Waals surface area contributed by atoms with Crippen LogP contribution >= 0.6 is 0 Å². The Bertz CT molecular complexity index is 1280. The smallest absolute Gasteiger partial charge is 0.295 e. The first-order valence-corrected chi connectivity index (χ1v) is 11.5. The summed E-state index contributed by atoms with van der Waals surface area (Å²) >= 11 is 0. The molecule has 2 aliphatic heterocycles. The van der Waals surface area contributed by atoms with Crippen LogP contribution in [0.4, 0.5) is 0 Å². The van der Waals surface area contributed by atoms with Gasteiger partial charge >= 0.3 is 0 Å². The van der Waals surface area contributed by atoms with E-state index in [4.69, 9.17) is 14.2 Å². The van der Waals surface area contributed by atoms with E-state index >= 15 is 0 Å². The highest BCUT2D eigenvalue weighted by Gasteiger charge is 2.46. The number of likely N-dealkylation sites (tertiary alicyclic amines) is 1. The number of ketones is 1. The van der Waals surface area contributed by atoms with E-state index in [0.29, 0.717) is 36.9 Å². The Kier molecular flexibility index (Phi) is 6.14. The van der Waals surface area contributed by atoms with Crippen LogP contribution in [0.3, 0.4) is 0 Å². The van der Waals surface area contributed by atoms with Crippen molar-refractivity contribution in [1.29, 1.82) is 0 Å². The molecular formula is C28H25NO6. The lowest BCUT2D eigenvalue weighted by Crippen LogP contribution is -2.29. The standard InChI is InChI=1S/C28H25NO6/c1-2-33-21-11-8-18(9-12-21)17-29-25(19-6-4-3-5-7-19)24(27(31)28(29)32)26(30)20-10-13-22-23(16-20)35-15-14-34-22/h3-13,16,25,30H,2,14-15,17H2,1H3/b26-24-. The molecule has 0 spiro atoms. The number of Topliss-reactive ketones (excluding diaryl/α,β-unsaturated/α-hetero) is 1. The van der Waals surface area contributed by atoms with E-state index in [1.807, 2.05) is 61.5 Å². The molecule has 2 aliphatic rings. The van der Waals surface area contributed by atoms with Crippen LogP contribution in [0, 0.1) is 0 Å². The molecule has 1 atom stereocenters. The number of aliphatic hydroxyl groups is 1. The fourth-order valence-electron chi connectivity index (χ4n) is 4.43. The van der Waals surface area contributed by atoms with Gasteiger partial charge in [-0.1, -0.05) is 42.5 Å². The van der Waals surface area contributed by atoms with Gasteiger partial charge < -0.3 is 24.2 Å². The van der Waals surface area contributed by atoms with Crippen molar-refractivity contribution in [1.82, 2.24) is 4.90 Å². The molecule has 2 heterocycles. The zero-order valence-corrected chi connectivity index (χ0v) is 19.3. The summed E-state index contributed by atoms with van der Waals surface area (Å²) in [5, 5.41) is 11.3. The van der Waals surface area contributed by atoms with Gasteiger partial charge in [-0.15, -0.1) is 0 Å². The van der Waals surface area contributed by atoms with E-state index in [1.165, 1.54) is 4.90 Å². The van der Waals surface area contributed by atoms with Gasteiger partial charge in [-0.05, 0) is 48.4 Å². The average molecular weight is 472 g/mol. The van der Waals surface area contributed by atoms with Gasteiger partial charge in [-0.25, -0.2) is 0 Å². The molecule has 5 rings (SSSR count). The number of amides is 1. The Balaban J connectivity index is 1.56. The van der Waals surface area contributed by atoms with Crippen molar-refractivity contribution < 1.29 is 28.9 Å². The minimum Gasteiger partial charge on any atom is -0.507 e. The summed E-state index contributed by atoms with van der Waals surface area (Å²) in [6.07, 6.45) is 0. The quantitative estimate of drug-likeness (QED) is 0.324. The molecule has 0 saturated carbocycles. The molecule has 0 aliphatic carbocycles. The maximum atomic E-state index is 13.2. The zero-order chi connectivity index (χ0) is 24.4. The van der Waals surface area contributed by atoms with E-state index in [-0.39, 0.29) is 17.9 Å². The largest absolute Gasteiger partial charge is 0.507 e. The number of nitrogens with zero attached hydrogens (tertiary/aromatic N) is 1. The predicted octanol–water partition coefficient (Wildman–Crippen LogP) is 4.48. The van der Waals surface area contributed by atoms with Gasteiger partial charge in [-0.3, -0.25) is 9.59 Å². The third-order valence-corrected chi connectivity index (χ3v) is 6.06. The predicted molar refractivity (Wildman–Crippen MR) is 129 cm³/mol. The number of ether oxygens (including phenoxy) is 3. The number of aliphatic hydroxyl groups excluding tert-OH is 1. The van der Waals surface area contributed by atoms with Crippen molar-refractivity contribution in [3.63, 3.8) is 0 Å². The summed E-state index contributed by atoms with van der Waals surface area (Å²) in [5.41, 5.74) is 2.00. The van der Waals surface area contributed by atoms with E-state index in [1.54, 1.807) is 18.2 Å². The van der Waals surface area contributed by atoms with Crippen molar-refractivity contribution in [2.75, 3.05) is 19.8 Å². The Hall–Kier alpha value is -4.26. The van der Waals surface area contributed by atoms with Gasteiger partial charge in [0.05, 0.1) is 18.2 Å². The van der Waals surface area contributed by atoms with Crippen LogP contribution < -0.4 is 14.2 Å². The molecule has 1 amide bonds. The minimum atomic E-state index is -0.740. The maximum absolute atomic E-state index is 13.2. The van der Waals surface area contributed by atoms with Crippen LogP contribution in [0.1, 0.15) is 29.7 Å². The van der Waals surface area contributed by atoms with Crippen LogP contribution in [0.15, 0.2) is 78.4 Å². The lowest BCUT2D eigenvalue weighted by atomic mass is 9.95. The molecule has 7 nitrogen and oxygen atoms in total. The molecule has 0 aromatic heterocycles. The number of benzene rings is 3. The van der Waals surface area contributed by atoms with Crippen LogP contribution in [-0.2, 0) is 16.1 Å². The number of hydrogen-bond donors (Lipinski definition) is 1. The van der Waals surface area contributed by atoms with Crippen molar-refractivity contribution in [2.45, 2.75) is 19.5 Å². The van der Waals surface area contributed by atoms with Crippen LogP contribution in [-0.4, -0.2) is 41.5 Å². The van der Waals surface area contributed by atoms with Crippen LogP contribution in [0.2, 0.25) is 0 Å². The molecule has 3 aromatic carbocycles. The highest BCUT2D eigenvalue weighted by Crippen LogP contribution is 2.41. The van der Waals surface area contributed by atoms with Gasteiger partial charge in [0.1, 0.15) is 24.7 Å². The third kappa shape index (κ3) is 4.33. The first-order chi connectivity index (χ1) is 17.1. The molecule has 0 radical (unpaired) electrons. The highest BCUT2D eigenvalue weighted by molar-refractivity contribution is 6.46. The summed E-state index contributed by atoms with van der Waals surface area (Å²) in [6.45, 7) is 3.52. The Morgan fingerprint density at radius 2 is 1.69 bits per heavy atom. The van der Waals surface area contributed by atoms with Crippen molar-refractivity contribution in [2.24, 2.45) is 0 Å². The molecule has 35 heavy (non-hydrogen) atoms. The molecule has 1 unspecified atom stereocenters. The number of carbonyl (C=O) groups is 2. The lowest BCUT2D eigenvalue weighted by molar-refractivity contribution is -0.140. The van der Waals surface area contributed by atoms with E-state index in [2.05, 4.69) is 0 Å². The summed E-state index contributed by atoms with van der Waals surface area (Å²) in [7, 11) is 0. The van der Waals surface area contributed by atoms with Crippen molar-refractivity contribution in [3.8, 4) is 17.2 Å². The summed E-state index contributed by atoms with van der Waals surface area (Å²) in [4.78, 5) is 27.9. The summed E-state index contributed by atoms with van der Waals surface area (Å²) in [5.74, 6) is 0.160. The van der Waals surface area contributed by atoms with E-state index < -0.39 is 17.7 Å². The van der Waals surface area contributed by atoms with Crippen LogP contribution in [0.5, 0.6) is 17.2 Å². The first-order valence-electron chi connectivity index (χ1n) is 11.5. The van der Waals surface area contributed by atoms with Crippen molar-refractivity contribution >= 4 is 17.4 Å². The normalized spacial score (nSPS) is 18.5. The van der Waals surface area contributed by atoms with Gasteiger partial charge in [0.25, 0.3) is 11.7 Å². The molecule has 0 bridgehead atoms. The summed E-state index contributed by atoms with van der Waals surface area (Å²) in [6, 6.07) is 20.9. The molecule has 178 valence electrons. The van der Waals surface area contributed by atoms with Crippen LogP contribution in [0.25, 0.3) is 5.76 Å². The lowest BCUT2D eigenvalue weighted by Gasteiger charge is -2.25. The Labute approximate surface area is 203 Å². The maximum Gasteiger partial charge on any atom is 0.295 e. The Morgan fingerprint density at radius 3 is 2.40 bits per heavy atom. The number of rotatable bonds is 6. The second kappa shape index (κ2) is 9.54. The molecule has 1 saturated heterocycles. The third-order valence-electron chi connectivity index (χ3n) is 6.06. The molecular weight excluding hydrogens is 446 g/mol. The molecule has 3 aromatic rings. The molecule has 1 fully saturated rings. The first kappa shape index (κ1) is 22.5. The van der Waals surface area contributed by atoms with Crippen molar-refractivity contribution in [3.05, 3.63) is 95.1 Å². The molecule has 7 heteroatoms. The van der Waals surface area contributed by atoms with E-state index in [9.17, 15) is 14.7 Å². The van der Waals surface area contributed by atoms with Gasteiger partial charge in [0.2, 0.25) is 0 Å². The van der Waals surface area contributed by atoms with E-state index in [0.717, 1.165) is 16.9 Å². The monoisotopic (exact) mass is 471 g/mol. The number of carbonyl (C=O) groups excluding carboxylic acids is 2. The fourth-order valence-corrected chi connectivity index (χ4v) is 4.43. The number of fused-ring (bicyclic) bond motifs is 1. The summed E-state index contributed by atoms with van der Waals surface area (Å²) < 4.78 is 16.7. The molecule has 1 N–H and O–H groups in total. The topological polar surface area (TPSA) is 85.3 Å². The fraction of sp³-hybridized carbons (Fsp3) is 0.214. The van der Waals surface area contributed by atoms with Gasteiger partial charge in [0, 0.05) is 12.1 Å². The highest BCUT2D eigenvalue weighted by atomic mass is 16.6. The number of hydrogen-bond acceptors (Lipinski definition) is 6. The SMILES string of the molecule is CCOc1ccc(CN2C(=O)C(=O)/C(=C(\O)c3ccc4c(c3)OCCO4)C2c2ccccc2)cc1. The Morgan fingerprint density at radius 1 is 0.971 bits per heavy atom. The van der Waals surface area contributed by atoms with Gasteiger partial charge in [-0.2, -0.15) is 0 Å². The van der Waals surface area contributed by atoms with Gasteiger partial charge in [0.15, 0.2) is 11.5 Å². The second-order valence-electron chi connectivity index (χ2n) is 8.27. The minimum absolute atomic E-state index is 0.0452. The zero-order valence-electron chi connectivity index (χ0n) is 19.3.